The lowest BCUT2D eigenvalue weighted by atomic mass is 9.83. The smallest absolute Gasteiger partial charge is 0.237 e. The number of nitrogens with zero attached hydrogens (tertiary/aromatic N) is 2. The van der Waals surface area contributed by atoms with E-state index in [4.69, 9.17) is 28.3 Å². The molecule has 0 atom stereocenters. The van der Waals surface area contributed by atoms with Gasteiger partial charge >= 0.3 is 0 Å². The molecule has 0 radical (unpaired) electrons. The minimum Gasteiger partial charge on any atom is -0.496 e. The van der Waals surface area contributed by atoms with Gasteiger partial charge < -0.3 is 18.3 Å². The summed E-state index contributed by atoms with van der Waals surface area (Å²) in [7, 11) is 3.48. The average Bonchev–Trinajstić information content (AvgIpc) is 3.74. The summed E-state index contributed by atoms with van der Waals surface area (Å²) in [4.78, 5) is 11.6. The van der Waals surface area contributed by atoms with Crippen LogP contribution in [0.25, 0.3) is 43.7 Å². The zero-order valence-electron chi connectivity index (χ0n) is 22.6. The second-order valence-electron chi connectivity index (χ2n) is 11.0. The monoisotopic (exact) mass is 542 g/mol. The molecule has 3 aromatic heterocycles. The molecule has 0 spiro atoms. The Hall–Kier alpha value is -3.32. The number of benzene rings is 2. The summed E-state index contributed by atoms with van der Waals surface area (Å²) in [5, 5.41) is 0. The molecule has 0 aliphatic heterocycles. The number of fused-ring (bicyclic) bond motifs is 2. The first-order valence-electron chi connectivity index (χ1n) is 14.3. The van der Waals surface area contributed by atoms with Crippen LogP contribution >= 0.6 is 11.3 Å². The van der Waals surface area contributed by atoms with Crippen LogP contribution in [0.1, 0.15) is 87.2 Å². The van der Waals surface area contributed by atoms with Crippen molar-refractivity contribution in [3.63, 3.8) is 0 Å². The van der Waals surface area contributed by atoms with E-state index in [9.17, 15) is 0 Å². The lowest BCUT2D eigenvalue weighted by Crippen LogP contribution is -2.06. The number of hydrogen-bond donors (Lipinski definition) is 0. The molecule has 0 saturated heterocycles. The Kier molecular flexibility index (Phi) is 6.55. The maximum absolute atomic E-state index is 6.21. The first-order valence-corrected chi connectivity index (χ1v) is 15.1. The van der Waals surface area contributed by atoms with Gasteiger partial charge in [-0.3, -0.25) is 0 Å². The van der Waals surface area contributed by atoms with Crippen molar-refractivity contribution in [2.75, 3.05) is 14.2 Å². The van der Waals surface area contributed by atoms with E-state index in [0.29, 0.717) is 23.6 Å². The van der Waals surface area contributed by atoms with Gasteiger partial charge in [0.15, 0.2) is 11.2 Å². The quantitative estimate of drug-likeness (QED) is 0.213. The summed E-state index contributed by atoms with van der Waals surface area (Å²) in [6.45, 7) is 0. The molecule has 0 bridgehead atoms. The number of ether oxygens (including phenoxy) is 2. The van der Waals surface area contributed by atoms with Crippen molar-refractivity contribution >= 4 is 33.5 Å². The van der Waals surface area contributed by atoms with Gasteiger partial charge in [0.05, 0.1) is 24.0 Å². The molecule has 6 nitrogen and oxygen atoms in total. The SMILES string of the molecule is COc1cc2oc(-c3ccc(-c4nc5cc(C6CCCCC6)c(OC)cc5o4)s3)nc2cc1C1CCCCC1. The molecule has 7 heteroatoms. The van der Waals surface area contributed by atoms with Crippen molar-refractivity contribution in [2.45, 2.75) is 76.0 Å². The van der Waals surface area contributed by atoms with Gasteiger partial charge in [-0.1, -0.05) is 38.5 Å². The van der Waals surface area contributed by atoms with Crippen LogP contribution < -0.4 is 9.47 Å². The summed E-state index contributed by atoms with van der Waals surface area (Å²) < 4.78 is 23.9. The molecule has 2 fully saturated rings. The molecule has 7 rings (SSSR count). The number of methoxy groups -OCH3 is 2. The summed E-state index contributed by atoms with van der Waals surface area (Å²) >= 11 is 1.58. The summed E-state index contributed by atoms with van der Waals surface area (Å²) in [5.41, 5.74) is 5.77. The normalized spacial score (nSPS) is 17.3. The fourth-order valence-electron chi connectivity index (χ4n) is 6.54. The van der Waals surface area contributed by atoms with Crippen LogP contribution in [-0.2, 0) is 0 Å². The first-order chi connectivity index (χ1) is 19.2. The van der Waals surface area contributed by atoms with E-state index >= 15 is 0 Å². The van der Waals surface area contributed by atoms with Gasteiger partial charge in [-0.2, -0.15) is 0 Å². The molecular formula is C32H34N2O4S. The van der Waals surface area contributed by atoms with Gasteiger partial charge in [0.1, 0.15) is 22.5 Å². The maximum atomic E-state index is 6.21. The largest absolute Gasteiger partial charge is 0.496 e. The average molecular weight is 543 g/mol. The van der Waals surface area contributed by atoms with Crippen LogP contribution in [0.4, 0.5) is 0 Å². The van der Waals surface area contributed by atoms with E-state index in [2.05, 4.69) is 12.1 Å². The highest BCUT2D eigenvalue weighted by molar-refractivity contribution is 7.18. The standard InChI is InChI=1S/C32H34N2O4S/c1-35-25-17-27-23(15-21(25)19-9-5-3-6-10-19)33-31(37-27)29-13-14-30(39-29)32-34-24-16-22(20-11-7-4-8-12-20)26(36-2)18-28(24)38-32/h13-20H,3-12H2,1-2H3. The van der Waals surface area contributed by atoms with Crippen molar-refractivity contribution in [2.24, 2.45) is 0 Å². The number of oxazole rings is 2. The molecule has 2 aliphatic carbocycles. The van der Waals surface area contributed by atoms with Crippen LogP contribution in [0.3, 0.4) is 0 Å². The summed E-state index contributed by atoms with van der Waals surface area (Å²) in [5.74, 6) is 4.09. The Balaban J connectivity index is 1.20. The Morgan fingerprint density at radius 2 is 1.08 bits per heavy atom. The molecule has 0 N–H and O–H groups in total. The van der Waals surface area contributed by atoms with Crippen LogP contribution in [0.15, 0.2) is 45.2 Å². The number of aromatic nitrogens is 2. The predicted octanol–water partition coefficient (Wildman–Crippen LogP) is 9.48. The minimum atomic E-state index is 0.531. The molecule has 2 aliphatic rings. The van der Waals surface area contributed by atoms with Crippen molar-refractivity contribution < 1.29 is 18.3 Å². The van der Waals surface area contributed by atoms with Crippen LogP contribution in [0, 0.1) is 0 Å². The van der Waals surface area contributed by atoms with Crippen LogP contribution in [0.2, 0.25) is 0 Å². The third-order valence-electron chi connectivity index (χ3n) is 8.60. The molecule has 5 aromatic rings. The van der Waals surface area contributed by atoms with E-state index in [1.165, 1.54) is 75.3 Å². The Morgan fingerprint density at radius 3 is 1.49 bits per heavy atom. The van der Waals surface area contributed by atoms with Crippen molar-refractivity contribution in [3.05, 3.63) is 47.5 Å². The lowest BCUT2D eigenvalue weighted by Gasteiger charge is -2.23. The van der Waals surface area contributed by atoms with E-state index in [-0.39, 0.29) is 0 Å². The lowest BCUT2D eigenvalue weighted by molar-refractivity contribution is 0.387. The van der Waals surface area contributed by atoms with Gasteiger partial charge in [0, 0.05) is 12.1 Å². The zero-order chi connectivity index (χ0) is 26.3. The molecule has 2 saturated carbocycles. The van der Waals surface area contributed by atoms with Crippen molar-refractivity contribution in [1.29, 1.82) is 0 Å². The second-order valence-corrected chi connectivity index (χ2v) is 12.1. The zero-order valence-corrected chi connectivity index (χ0v) is 23.4. The molecule has 202 valence electrons. The number of rotatable bonds is 6. The van der Waals surface area contributed by atoms with Gasteiger partial charge in [0.2, 0.25) is 11.8 Å². The molecule has 39 heavy (non-hydrogen) atoms. The van der Waals surface area contributed by atoms with E-state index in [1.54, 1.807) is 25.6 Å². The fourth-order valence-corrected chi connectivity index (χ4v) is 7.40. The topological polar surface area (TPSA) is 70.5 Å². The molecular weight excluding hydrogens is 508 g/mol. The molecule has 3 heterocycles. The van der Waals surface area contributed by atoms with Gasteiger partial charge in [-0.25, -0.2) is 9.97 Å². The molecule has 2 aromatic carbocycles. The summed E-state index contributed by atoms with van der Waals surface area (Å²) in [6, 6.07) is 12.4. The Labute approximate surface area is 232 Å². The highest BCUT2D eigenvalue weighted by atomic mass is 32.1. The highest BCUT2D eigenvalue weighted by Gasteiger charge is 2.24. The van der Waals surface area contributed by atoms with Gasteiger partial charge in [-0.15, -0.1) is 11.3 Å². The van der Waals surface area contributed by atoms with Crippen molar-refractivity contribution in [3.8, 4) is 33.0 Å². The second kappa shape index (κ2) is 10.3. The fraction of sp³-hybridized carbons (Fsp3) is 0.438. The highest BCUT2D eigenvalue weighted by Crippen LogP contribution is 2.43. The first kappa shape index (κ1) is 24.7. The Morgan fingerprint density at radius 1 is 0.641 bits per heavy atom. The van der Waals surface area contributed by atoms with E-state index in [0.717, 1.165) is 43.5 Å². The molecule has 0 amide bonds. The van der Waals surface area contributed by atoms with E-state index < -0.39 is 0 Å². The van der Waals surface area contributed by atoms with Gasteiger partial charge in [-0.05, 0) is 72.9 Å². The Bertz CT molecular complexity index is 1500. The van der Waals surface area contributed by atoms with Gasteiger partial charge in [0.25, 0.3) is 0 Å². The maximum Gasteiger partial charge on any atom is 0.237 e. The van der Waals surface area contributed by atoms with Crippen LogP contribution in [-0.4, -0.2) is 24.2 Å². The molecule has 0 unspecified atom stereocenters. The number of thiophene rings is 1. The van der Waals surface area contributed by atoms with Crippen LogP contribution in [0.5, 0.6) is 11.5 Å². The predicted molar refractivity (Wildman–Crippen MR) is 155 cm³/mol. The minimum absolute atomic E-state index is 0.531. The third-order valence-corrected chi connectivity index (χ3v) is 9.66. The third kappa shape index (κ3) is 4.61. The number of hydrogen-bond acceptors (Lipinski definition) is 7. The van der Waals surface area contributed by atoms with Crippen molar-refractivity contribution in [1.82, 2.24) is 9.97 Å². The van der Waals surface area contributed by atoms with E-state index in [1.807, 2.05) is 24.3 Å². The summed E-state index contributed by atoms with van der Waals surface area (Å²) in [6.07, 6.45) is 12.6.